The molecule has 0 bridgehead atoms. The number of aliphatic hydroxyl groups is 1. The van der Waals surface area contributed by atoms with Gasteiger partial charge in [-0.1, -0.05) is 104 Å². The van der Waals surface area contributed by atoms with E-state index in [-0.39, 0.29) is 23.4 Å². The molecule has 218 valence electrons. The van der Waals surface area contributed by atoms with Gasteiger partial charge < -0.3 is 10.2 Å². The lowest BCUT2D eigenvalue weighted by Crippen LogP contribution is -2.27. The normalized spacial score (nSPS) is 11.7. The van der Waals surface area contributed by atoms with Gasteiger partial charge in [-0.2, -0.15) is 0 Å². The highest BCUT2D eigenvalue weighted by Gasteiger charge is 2.31. The molecule has 0 fully saturated rings. The average Bonchev–Trinajstić information content (AvgIpc) is 2.91. The molecule has 0 amide bonds. The van der Waals surface area contributed by atoms with Gasteiger partial charge >= 0.3 is 5.97 Å². The highest BCUT2D eigenvalue weighted by molar-refractivity contribution is 5.66. The summed E-state index contributed by atoms with van der Waals surface area (Å²) in [6.07, 6.45) is 4.70. The van der Waals surface area contributed by atoms with Crippen molar-refractivity contribution in [1.82, 2.24) is 0 Å². The van der Waals surface area contributed by atoms with Crippen LogP contribution in [0.2, 0.25) is 0 Å². The highest BCUT2D eigenvalue weighted by Crippen LogP contribution is 2.40. The van der Waals surface area contributed by atoms with Crippen LogP contribution < -0.4 is 0 Å². The molecular formula is C36H56O3. The van der Waals surface area contributed by atoms with Crippen LogP contribution in [0.3, 0.4) is 0 Å². The molecule has 0 aromatic heterocycles. The number of hydrogen-bond acceptors (Lipinski definition) is 2. The number of carbonyl (C=O) groups is 1. The zero-order valence-electron chi connectivity index (χ0n) is 26.8. The zero-order valence-corrected chi connectivity index (χ0v) is 26.8. The Morgan fingerprint density at radius 2 is 1.44 bits per heavy atom. The van der Waals surface area contributed by atoms with Crippen LogP contribution in [0.1, 0.15) is 134 Å². The Hall–Kier alpha value is -2.57. The van der Waals surface area contributed by atoms with Gasteiger partial charge in [-0.15, -0.1) is 0 Å². The number of rotatable bonds is 10. The maximum absolute atomic E-state index is 10.7. The largest absolute Gasteiger partial charge is 0.481 e. The Morgan fingerprint density at radius 3 is 1.90 bits per heavy atom. The number of hydrogen-bond donors (Lipinski definition) is 2. The lowest BCUT2D eigenvalue weighted by Gasteiger charge is -2.34. The molecule has 39 heavy (non-hydrogen) atoms. The molecule has 2 aromatic rings. The van der Waals surface area contributed by atoms with Crippen LogP contribution in [0.25, 0.3) is 0 Å². The summed E-state index contributed by atoms with van der Waals surface area (Å²) in [5, 5.41) is 19.2. The number of carboxylic acids is 1. The molecule has 0 aliphatic heterocycles. The van der Waals surface area contributed by atoms with E-state index in [1.165, 1.54) is 22.3 Å². The molecule has 1 unspecified atom stereocenters. The third-order valence-electron chi connectivity index (χ3n) is 7.48. The SMILES string of the molecule is CC.CC.CCC(CC)(c1ccc(C#CCCCC(=O)O)c(C)c1)c1ccc(CCC(O)C(C)(C)C)c(C)c1. The van der Waals surface area contributed by atoms with E-state index in [1.807, 2.05) is 27.7 Å². The molecule has 2 rings (SSSR count). The average molecular weight is 537 g/mol. The van der Waals surface area contributed by atoms with Crippen LogP contribution in [0.4, 0.5) is 0 Å². The van der Waals surface area contributed by atoms with Crippen molar-refractivity contribution in [2.75, 3.05) is 0 Å². The molecule has 0 saturated heterocycles. The minimum atomic E-state index is -0.770. The molecule has 1 atom stereocenters. The molecule has 0 aliphatic carbocycles. The molecule has 2 N–H and O–H groups in total. The van der Waals surface area contributed by atoms with Gasteiger partial charge in [0.15, 0.2) is 0 Å². The molecule has 0 heterocycles. The summed E-state index contributed by atoms with van der Waals surface area (Å²) in [7, 11) is 0. The molecule has 0 radical (unpaired) electrons. The van der Waals surface area contributed by atoms with Gasteiger partial charge in [0.25, 0.3) is 0 Å². The number of carboxylic acid groups (broad SMARTS) is 1. The Kier molecular flexibility index (Phi) is 16.7. The van der Waals surface area contributed by atoms with E-state index in [0.717, 1.165) is 36.8 Å². The fraction of sp³-hybridized carbons (Fsp3) is 0.583. The second-order valence-electron chi connectivity index (χ2n) is 10.9. The van der Waals surface area contributed by atoms with E-state index < -0.39 is 5.97 Å². The summed E-state index contributed by atoms with van der Waals surface area (Å²) in [6.45, 7) is 23.1. The molecule has 2 aromatic carbocycles. The van der Waals surface area contributed by atoms with Crippen molar-refractivity contribution in [1.29, 1.82) is 0 Å². The number of aliphatic hydroxyl groups excluding tert-OH is 1. The van der Waals surface area contributed by atoms with Gasteiger partial charge in [0.05, 0.1) is 6.10 Å². The van der Waals surface area contributed by atoms with E-state index in [0.29, 0.717) is 12.8 Å². The van der Waals surface area contributed by atoms with E-state index in [9.17, 15) is 9.90 Å². The molecule has 0 spiro atoms. The summed E-state index contributed by atoms with van der Waals surface area (Å²) in [4.78, 5) is 10.7. The first kappa shape index (κ1) is 36.4. The first-order valence-electron chi connectivity index (χ1n) is 15.0. The van der Waals surface area contributed by atoms with Gasteiger partial charge in [0, 0.05) is 23.8 Å². The molecule has 0 saturated carbocycles. The van der Waals surface area contributed by atoms with Crippen molar-refractivity contribution in [3.8, 4) is 11.8 Å². The summed E-state index contributed by atoms with van der Waals surface area (Å²) in [5.74, 6) is 5.59. The van der Waals surface area contributed by atoms with E-state index >= 15 is 0 Å². The van der Waals surface area contributed by atoms with Crippen LogP contribution in [0.5, 0.6) is 0 Å². The Bertz CT molecular complexity index is 1060. The number of benzene rings is 2. The Morgan fingerprint density at radius 1 is 0.897 bits per heavy atom. The van der Waals surface area contributed by atoms with Gasteiger partial charge in [0.1, 0.15) is 0 Å². The minimum Gasteiger partial charge on any atom is -0.481 e. The number of aryl methyl sites for hydroxylation is 3. The van der Waals surface area contributed by atoms with Gasteiger partial charge in [0.2, 0.25) is 0 Å². The smallest absolute Gasteiger partial charge is 0.303 e. The molecule has 0 aliphatic rings. The Labute approximate surface area is 240 Å². The summed E-state index contributed by atoms with van der Waals surface area (Å²) in [6, 6.07) is 13.5. The fourth-order valence-electron chi connectivity index (χ4n) is 4.82. The van der Waals surface area contributed by atoms with E-state index in [4.69, 9.17) is 5.11 Å². The van der Waals surface area contributed by atoms with Crippen LogP contribution in [-0.2, 0) is 16.6 Å². The van der Waals surface area contributed by atoms with Crippen molar-refractivity contribution in [2.24, 2.45) is 5.41 Å². The topological polar surface area (TPSA) is 57.5 Å². The summed E-state index contributed by atoms with van der Waals surface area (Å²) in [5.41, 5.74) is 7.25. The quantitative estimate of drug-likeness (QED) is 0.235. The molecule has 3 heteroatoms. The van der Waals surface area contributed by atoms with Crippen molar-refractivity contribution in [3.05, 3.63) is 69.8 Å². The maximum Gasteiger partial charge on any atom is 0.303 e. The maximum atomic E-state index is 10.7. The van der Waals surface area contributed by atoms with E-state index in [1.54, 1.807) is 0 Å². The summed E-state index contributed by atoms with van der Waals surface area (Å²) < 4.78 is 0. The first-order valence-corrected chi connectivity index (χ1v) is 15.0. The third kappa shape index (κ3) is 10.8. The van der Waals surface area contributed by atoms with Crippen molar-refractivity contribution in [3.63, 3.8) is 0 Å². The van der Waals surface area contributed by atoms with Crippen LogP contribution in [0, 0.1) is 31.1 Å². The van der Waals surface area contributed by atoms with Gasteiger partial charge in [-0.3, -0.25) is 4.79 Å². The van der Waals surface area contributed by atoms with Crippen molar-refractivity contribution < 1.29 is 15.0 Å². The van der Waals surface area contributed by atoms with Gasteiger partial charge in [-0.25, -0.2) is 0 Å². The van der Waals surface area contributed by atoms with E-state index in [2.05, 4.69) is 96.7 Å². The zero-order chi connectivity index (χ0) is 30.2. The highest BCUT2D eigenvalue weighted by atomic mass is 16.4. The van der Waals surface area contributed by atoms with Crippen LogP contribution in [-0.4, -0.2) is 22.3 Å². The molecular weight excluding hydrogens is 480 g/mol. The second-order valence-corrected chi connectivity index (χ2v) is 10.9. The predicted molar refractivity (Wildman–Crippen MR) is 169 cm³/mol. The standard InChI is InChI=1S/C32H44O3.2C2H6/c1-8-32(9-2,27-18-15-25(23(3)21-27)13-11-10-12-14-30(34)35)28-19-16-26(24(4)22-28)17-20-29(33)31(5,6)7;2*1-2/h15-16,18-19,21-22,29,33H,8-10,12,14,17,20H2,1-7H3,(H,34,35);2*1-2H3. The fourth-order valence-corrected chi connectivity index (χ4v) is 4.82. The number of unbranched alkanes of at least 4 members (excludes halogenated alkanes) is 1. The van der Waals surface area contributed by atoms with Crippen LogP contribution in [0.15, 0.2) is 36.4 Å². The number of aliphatic carboxylic acids is 1. The first-order chi connectivity index (χ1) is 18.4. The lowest BCUT2D eigenvalue weighted by molar-refractivity contribution is -0.137. The van der Waals surface area contributed by atoms with Crippen LogP contribution >= 0.6 is 0 Å². The predicted octanol–water partition coefficient (Wildman–Crippen LogP) is 9.41. The van der Waals surface area contributed by atoms with Crippen molar-refractivity contribution in [2.45, 2.75) is 133 Å². The third-order valence-corrected chi connectivity index (χ3v) is 7.48. The molecule has 3 nitrogen and oxygen atoms in total. The van der Waals surface area contributed by atoms with Crippen molar-refractivity contribution >= 4 is 5.97 Å². The van der Waals surface area contributed by atoms with Gasteiger partial charge in [-0.05, 0) is 85.3 Å². The lowest BCUT2D eigenvalue weighted by atomic mass is 9.69. The minimum absolute atomic E-state index is 0.0631. The second kappa shape index (κ2) is 17.9. The Balaban J connectivity index is 0.00000344. The summed E-state index contributed by atoms with van der Waals surface area (Å²) >= 11 is 0. The monoisotopic (exact) mass is 536 g/mol.